The van der Waals surface area contributed by atoms with Crippen LogP contribution in [-0.2, 0) is 10.8 Å². The van der Waals surface area contributed by atoms with Gasteiger partial charge in [-0.2, -0.15) is 0 Å². The summed E-state index contributed by atoms with van der Waals surface area (Å²) in [6, 6.07) is 9.40. The van der Waals surface area contributed by atoms with Gasteiger partial charge in [0.1, 0.15) is 0 Å². The Balaban J connectivity index is 2.29. The van der Waals surface area contributed by atoms with Crippen molar-refractivity contribution < 1.29 is 9.32 Å². The van der Waals surface area contributed by atoms with Crippen LogP contribution in [0.1, 0.15) is 0 Å². The standard InChI is InChI=1S/C10H15NO2S/c12-8-6-11-7-9-14(13)10-4-2-1-3-5-10/h1-5,11-12H,6-9H2. The Bertz CT molecular complexity index is 277. The highest BCUT2D eigenvalue weighted by Gasteiger charge is 2.01. The van der Waals surface area contributed by atoms with Gasteiger partial charge in [0.05, 0.1) is 17.4 Å². The molecule has 0 aliphatic carbocycles. The van der Waals surface area contributed by atoms with Gasteiger partial charge in [0.15, 0.2) is 0 Å². The summed E-state index contributed by atoms with van der Waals surface area (Å²) in [7, 11) is -0.931. The maximum absolute atomic E-state index is 11.6. The Kier molecular flexibility index (Phi) is 5.44. The van der Waals surface area contributed by atoms with Crippen LogP contribution >= 0.6 is 0 Å². The van der Waals surface area contributed by atoms with Crippen molar-refractivity contribution in [3.05, 3.63) is 30.3 Å². The topological polar surface area (TPSA) is 49.3 Å². The summed E-state index contributed by atoms with van der Waals surface area (Å²) in [6.07, 6.45) is 0. The fraction of sp³-hybridized carbons (Fsp3) is 0.400. The number of hydrogen-bond donors (Lipinski definition) is 2. The molecule has 0 aliphatic rings. The van der Waals surface area contributed by atoms with Gasteiger partial charge in [-0.15, -0.1) is 0 Å². The van der Waals surface area contributed by atoms with E-state index in [2.05, 4.69) is 5.32 Å². The molecule has 14 heavy (non-hydrogen) atoms. The van der Waals surface area contributed by atoms with Crippen molar-refractivity contribution in [2.45, 2.75) is 4.90 Å². The lowest BCUT2D eigenvalue weighted by Gasteiger charge is -2.02. The van der Waals surface area contributed by atoms with Gasteiger partial charge in [0, 0.05) is 23.7 Å². The average molecular weight is 213 g/mol. The smallest absolute Gasteiger partial charge is 0.0555 e. The molecule has 0 saturated heterocycles. The van der Waals surface area contributed by atoms with Crippen LogP contribution in [-0.4, -0.2) is 34.8 Å². The van der Waals surface area contributed by atoms with E-state index < -0.39 is 10.8 Å². The molecule has 0 aromatic heterocycles. The summed E-state index contributed by atoms with van der Waals surface area (Å²) in [6.45, 7) is 1.35. The van der Waals surface area contributed by atoms with E-state index in [9.17, 15) is 4.21 Å². The van der Waals surface area contributed by atoms with Crippen LogP contribution in [0.3, 0.4) is 0 Å². The molecule has 0 spiro atoms. The molecule has 0 amide bonds. The molecular formula is C10H15NO2S. The molecule has 1 atom stereocenters. The molecular weight excluding hydrogens is 198 g/mol. The third kappa shape index (κ3) is 4.00. The molecule has 1 aromatic carbocycles. The number of rotatable bonds is 6. The monoisotopic (exact) mass is 213 g/mol. The van der Waals surface area contributed by atoms with E-state index in [1.807, 2.05) is 30.3 Å². The highest BCUT2D eigenvalue weighted by Crippen LogP contribution is 2.04. The average Bonchev–Trinajstić information content (AvgIpc) is 2.25. The summed E-state index contributed by atoms with van der Waals surface area (Å²) < 4.78 is 11.6. The van der Waals surface area contributed by atoms with Crippen molar-refractivity contribution in [3.8, 4) is 0 Å². The highest BCUT2D eigenvalue weighted by atomic mass is 32.2. The largest absolute Gasteiger partial charge is 0.395 e. The maximum Gasteiger partial charge on any atom is 0.0555 e. The summed E-state index contributed by atoms with van der Waals surface area (Å²) in [5, 5.41) is 11.5. The lowest BCUT2D eigenvalue weighted by molar-refractivity contribution is 0.293. The van der Waals surface area contributed by atoms with Gasteiger partial charge in [-0.05, 0) is 12.1 Å². The zero-order valence-corrected chi connectivity index (χ0v) is 8.80. The van der Waals surface area contributed by atoms with Crippen LogP contribution in [0.25, 0.3) is 0 Å². The molecule has 0 saturated carbocycles. The number of aliphatic hydroxyl groups is 1. The molecule has 0 bridgehead atoms. The molecule has 3 nitrogen and oxygen atoms in total. The Morgan fingerprint density at radius 3 is 2.57 bits per heavy atom. The lowest BCUT2D eigenvalue weighted by atomic mass is 10.4. The second kappa shape index (κ2) is 6.70. The predicted octanol–water partition coefficient (Wildman–Crippen LogP) is 0.376. The molecule has 1 unspecified atom stereocenters. The van der Waals surface area contributed by atoms with E-state index >= 15 is 0 Å². The Morgan fingerprint density at radius 2 is 1.93 bits per heavy atom. The van der Waals surface area contributed by atoms with Crippen LogP contribution in [0.5, 0.6) is 0 Å². The summed E-state index contributed by atoms with van der Waals surface area (Å²) in [5.74, 6) is 0.587. The van der Waals surface area contributed by atoms with E-state index in [0.29, 0.717) is 18.8 Å². The van der Waals surface area contributed by atoms with Gasteiger partial charge >= 0.3 is 0 Å². The second-order valence-corrected chi connectivity index (χ2v) is 4.41. The zero-order chi connectivity index (χ0) is 10.2. The number of nitrogens with one attached hydrogen (secondary N) is 1. The summed E-state index contributed by atoms with van der Waals surface area (Å²) in [5.41, 5.74) is 0. The van der Waals surface area contributed by atoms with Gasteiger partial charge in [-0.25, -0.2) is 0 Å². The van der Waals surface area contributed by atoms with E-state index in [-0.39, 0.29) is 6.61 Å². The first-order chi connectivity index (χ1) is 6.84. The van der Waals surface area contributed by atoms with Gasteiger partial charge < -0.3 is 10.4 Å². The third-order valence-corrected chi connectivity index (χ3v) is 3.13. The van der Waals surface area contributed by atoms with E-state index in [0.717, 1.165) is 4.90 Å². The van der Waals surface area contributed by atoms with Crippen molar-refractivity contribution >= 4 is 10.8 Å². The molecule has 0 fully saturated rings. The maximum atomic E-state index is 11.6. The highest BCUT2D eigenvalue weighted by molar-refractivity contribution is 7.85. The van der Waals surface area contributed by atoms with Crippen molar-refractivity contribution in [1.29, 1.82) is 0 Å². The first-order valence-corrected chi connectivity index (χ1v) is 5.91. The molecule has 1 aromatic rings. The molecule has 0 heterocycles. The minimum Gasteiger partial charge on any atom is -0.395 e. The first-order valence-electron chi connectivity index (χ1n) is 4.59. The molecule has 2 N–H and O–H groups in total. The SMILES string of the molecule is O=S(CCNCCO)c1ccccc1. The zero-order valence-electron chi connectivity index (χ0n) is 7.98. The molecule has 0 radical (unpaired) electrons. The van der Waals surface area contributed by atoms with Crippen LogP contribution in [0.4, 0.5) is 0 Å². The Labute approximate surface area is 86.6 Å². The van der Waals surface area contributed by atoms with Crippen LogP contribution in [0, 0.1) is 0 Å². The van der Waals surface area contributed by atoms with Crippen molar-refractivity contribution in [2.75, 3.05) is 25.4 Å². The van der Waals surface area contributed by atoms with Gasteiger partial charge in [0.25, 0.3) is 0 Å². The fourth-order valence-electron chi connectivity index (χ4n) is 1.06. The van der Waals surface area contributed by atoms with Crippen molar-refractivity contribution in [2.24, 2.45) is 0 Å². The van der Waals surface area contributed by atoms with Crippen LogP contribution < -0.4 is 5.32 Å². The molecule has 1 rings (SSSR count). The van der Waals surface area contributed by atoms with Crippen molar-refractivity contribution in [1.82, 2.24) is 5.32 Å². The van der Waals surface area contributed by atoms with E-state index in [1.165, 1.54) is 0 Å². The number of aliphatic hydroxyl groups excluding tert-OH is 1. The Hall–Kier alpha value is -0.710. The van der Waals surface area contributed by atoms with E-state index in [1.54, 1.807) is 0 Å². The number of benzene rings is 1. The minimum absolute atomic E-state index is 0.123. The van der Waals surface area contributed by atoms with Crippen LogP contribution in [0.15, 0.2) is 35.2 Å². The second-order valence-electron chi connectivity index (χ2n) is 2.84. The van der Waals surface area contributed by atoms with Gasteiger partial charge in [-0.3, -0.25) is 4.21 Å². The molecule has 0 aliphatic heterocycles. The first kappa shape index (κ1) is 11.4. The third-order valence-electron chi connectivity index (χ3n) is 1.76. The summed E-state index contributed by atoms with van der Waals surface area (Å²) >= 11 is 0. The summed E-state index contributed by atoms with van der Waals surface area (Å²) in [4.78, 5) is 0.860. The van der Waals surface area contributed by atoms with Gasteiger partial charge in [-0.1, -0.05) is 18.2 Å². The van der Waals surface area contributed by atoms with Gasteiger partial charge in [0.2, 0.25) is 0 Å². The number of hydrogen-bond acceptors (Lipinski definition) is 3. The van der Waals surface area contributed by atoms with Crippen LogP contribution in [0.2, 0.25) is 0 Å². The normalized spacial score (nSPS) is 12.6. The fourth-order valence-corrected chi connectivity index (χ4v) is 2.09. The lowest BCUT2D eigenvalue weighted by Crippen LogP contribution is -2.23. The predicted molar refractivity (Wildman–Crippen MR) is 57.7 cm³/mol. The van der Waals surface area contributed by atoms with Crippen molar-refractivity contribution in [3.63, 3.8) is 0 Å². The molecule has 78 valence electrons. The quantitative estimate of drug-likeness (QED) is 0.672. The molecule has 4 heteroatoms. The van der Waals surface area contributed by atoms with E-state index in [4.69, 9.17) is 5.11 Å². The minimum atomic E-state index is -0.931. The Morgan fingerprint density at radius 1 is 1.21 bits per heavy atom.